The normalized spacial score (nSPS) is 15.9. The Balaban J connectivity index is 1.52. The summed E-state index contributed by atoms with van der Waals surface area (Å²) in [6.07, 6.45) is 3.78. The molecule has 0 bridgehead atoms. The number of nitrogens with zero attached hydrogens (tertiary/aromatic N) is 2. The minimum absolute atomic E-state index is 0.00659. The van der Waals surface area contributed by atoms with E-state index in [1.165, 1.54) is 18.3 Å². The zero-order chi connectivity index (χ0) is 18.4. The summed E-state index contributed by atoms with van der Waals surface area (Å²) in [5.74, 6) is 0.674. The number of non-ortho nitro benzene ring substituents is 1. The maximum absolute atomic E-state index is 12.0. The third kappa shape index (κ3) is 4.23. The number of benzene rings is 2. The van der Waals surface area contributed by atoms with Crippen LogP contribution in [0.5, 0.6) is 11.5 Å². The fraction of sp³-hybridized carbons (Fsp3) is 0.111. The zero-order valence-corrected chi connectivity index (χ0v) is 13.6. The largest absolute Gasteiger partial charge is 0.485 e. The van der Waals surface area contributed by atoms with Gasteiger partial charge in [-0.1, -0.05) is 30.3 Å². The molecule has 2 aromatic carbocycles. The third-order valence-electron chi connectivity index (χ3n) is 3.51. The van der Waals surface area contributed by atoms with Crippen LogP contribution in [0.25, 0.3) is 6.08 Å². The van der Waals surface area contributed by atoms with Crippen LogP contribution in [0.15, 0.2) is 59.7 Å². The van der Waals surface area contributed by atoms with Crippen molar-refractivity contribution in [3.05, 3.63) is 70.3 Å². The van der Waals surface area contributed by atoms with Gasteiger partial charge in [0, 0.05) is 18.3 Å². The number of carbonyl (C=O) groups excluding carboxylic acids is 1. The predicted octanol–water partition coefficient (Wildman–Crippen LogP) is 2.55. The lowest BCUT2D eigenvalue weighted by molar-refractivity contribution is -0.384. The van der Waals surface area contributed by atoms with Gasteiger partial charge in [-0.3, -0.25) is 14.9 Å². The Kier molecular flexibility index (Phi) is 5.23. The number of hydrazone groups is 1. The highest BCUT2D eigenvalue weighted by atomic mass is 16.6. The Morgan fingerprint density at radius 2 is 2.04 bits per heavy atom. The first-order chi connectivity index (χ1) is 12.6. The van der Waals surface area contributed by atoms with Crippen molar-refractivity contribution in [2.75, 3.05) is 6.61 Å². The van der Waals surface area contributed by atoms with Crippen molar-refractivity contribution in [1.29, 1.82) is 0 Å². The van der Waals surface area contributed by atoms with E-state index in [2.05, 4.69) is 10.5 Å². The number of hydrogen-bond donors (Lipinski definition) is 1. The molecule has 8 heteroatoms. The van der Waals surface area contributed by atoms with Gasteiger partial charge in [0.05, 0.1) is 4.92 Å². The molecule has 8 nitrogen and oxygen atoms in total. The van der Waals surface area contributed by atoms with Gasteiger partial charge in [0.1, 0.15) is 6.61 Å². The van der Waals surface area contributed by atoms with Gasteiger partial charge in [0.15, 0.2) is 11.5 Å². The number of fused-ring (bicyclic) bond motifs is 1. The summed E-state index contributed by atoms with van der Waals surface area (Å²) in [6.45, 7) is 0.0991. The minimum atomic E-state index is -0.789. The van der Waals surface area contributed by atoms with Crippen molar-refractivity contribution < 1.29 is 19.2 Å². The molecule has 0 saturated heterocycles. The van der Waals surface area contributed by atoms with E-state index in [-0.39, 0.29) is 12.3 Å². The van der Waals surface area contributed by atoms with E-state index in [4.69, 9.17) is 9.47 Å². The molecule has 0 aromatic heterocycles. The summed E-state index contributed by atoms with van der Waals surface area (Å²) in [6, 6.07) is 13.3. The van der Waals surface area contributed by atoms with Crippen molar-refractivity contribution >= 4 is 23.9 Å². The number of amides is 1. The number of hydrogen-bond acceptors (Lipinski definition) is 6. The van der Waals surface area contributed by atoms with Crippen LogP contribution in [0.3, 0.4) is 0 Å². The van der Waals surface area contributed by atoms with E-state index in [1.54, 1.807) is 42.5 Å². The molecule has 3 rings (SSSR count). The van der Waals surface area contributed by atoms with Crippen molar-refractivity contribution in [3.63, 3.8) is 0 Å². The highest BCUT2D eigenvalue weighted by molar-refractivity contribution is 5.84. The zero-order valence-electron chi connectivity index (χ0n) is 13.6. The number of nitro groups is 1. The van der Waals surface area contributed by atoms with Gasteiger partial charge in [-0.15, -0.1) is 0 Å². The van der Waals surface area contributed by atoms with Crippen molar-refractivity contribution in [3.8, 4) is 11.5 Å². The van der Waals surface area contributed by atoms with E-state index in [0.717, 1.165) is 0 Å². The van der Waals surface area contributed by atoms with E-state index < -0.39 is 16.9 Å². The first-order valence-electron chi connectivity index (χ1n) is 7.76. The van der Waals surface area contributed by atoms with Gasteiger partial charge < -0.3 is 9.47 Å². The average molecular weight is 353 g/mol. The summed E-state index contributed by atoms with van der Waals surface area (Å²) in [4.78, 5) is 22.3. The summed E-state index contributed by atoms with van der Waals surface area (Å²) < 4.78 is 11.0. The standard InChI is InChI=1S/C18H15N3O5/c22-18(17-12-25-15-8-1-2-9-16(15)26-17)20-19-10-4-6-13-5-3-7-14(11-13)21(23)24/h1-11,17H,12H2,(H,20,22)/b6-4+,19-10-/t17-/m1/s1. The molecule has 132 valence electrons. The molecule has 0 saturated carbocycles. The van der Waals surface area contributed by atoms with Crippen LogP contribution in [0.1, 0.15) is 5.56 Å². The quantitative estimate of drug-likeness (QED) is 0.505. The van der Waals surface area contributed by atoms with Crippen LogP contribution < -0.4 is 14.9 Å². The van der Waals surface area contributed by atoms with Gasteiger partial charge in [-0.25, -0.2) is 5.43 Å². The fourth-order valence-corrected chi connectivity index (χ4v) is 2.26. The number of nitro benzene ring substituents is 1. The number of para-hydroxylation sites is 2. The van der Waals surface area contributed by atoms with Gasteiger partial charge in [-0.05, 0) is 23.8 Å². The maximum atomic E-state index is 12.0. The molecule has 26 heavy (non-hydrogen) atoms. The van der Waals surface area contributed by atoms with Gasteiger partial charge in [0.2, 0.25) is 6.10 Å². The highest BCUT2D eigenvalue weighted by Crippen LogP contribution is 2.30. The second-order valence-electron chi connectivity index (χ2n) is 5.33. The molecule has 0 spiro atoms. The van der Waals surface area contributed by atoms with Crippen LogP contribution in [0.2, 0.25) is 0 Å². The first kappa shape index (κ1) is 17.2. The Morgan fingerprint density at radius 3 is 2.85 bits per heavy atom. The predicted molar refractivity (Wildman–Crippen MR) is 95.1 cm³/mol. The van der Waals surface area contributed by atoms with Crippen molar-refractivity contribution in [2.45, 2.75) is 6.10 Å². The second kappa shape index (κ2) is 7.93. The highest BCUT2D eigenvalue weighted by Gasteiger charge is 2.26. The summed E-state index contributed by atoms with van der Waals surface area (Å²) in [5.41, 5.74) is 3.02. The molecule has 1 aliphatic rings. The lowest BCUT2D eigenvalue weighted by Crippen LogP contribution is -2.42. The molecule has 0 radical (unpaired) electrons. The molecule has 0 fully saturated rings. The Bertz CT molecular complexity index is 879. The molecule has 0 unspecified atom stereocenters. The average Bonchev–Trinajstić information content (AvgIpc) is 2.67. The van der Waals surface area contributed by atoms with Gasteiger partial charge >= 0.3 is 0 Å². The second-order valence-corrected chi connectivity index (χ2v) is 5.33. The summed E-state index contributed by atoms with van der Waals surface area (Å²) in [5, 5.41) is 14.5. The number of carbonyl (C=O) groups is 1. The Hall–Kier alpha value is -3.68. The summed E-state index contributed by atoms with van der Waals surface area (Å²) in [7, 11) is 0. The van der Waals surface area contributed by atoms with Gasteiger partial charge in [0.25, 0.3) is 11.6 Å². The van der Waals surface area contributed by atoms with E-state index in [9.17, 15) is 14.9 Å². The first-order valence-corrected chi connectivity index (χ1v) is 7.76. The van der Waals surface area contributed by atoms with Crippen molar-refractivity contribution in [2.24, 2.45) is 5.10 Å². The minimum Gasteiger partial charge on any atom is -0.485 e. The third-order valence-corrected chi connectivity index (χ3v) is 3.51. The topological polar surface area (TPSA) is 103 Å². The lowest BCUT2D eigenvalue weighted by atomic mass is 10.2. The van der Waals surface area contributed by atoms with Crippen LogP contribution in [-0.4, -0.2) is 29.8 Å². The Morgan fingerprint density at radius 1 is 1.23 bits per heavy atom. The Labute approximate surface area is 148 Å². The van der Waals surface area contributed by atoms with Crippen molar-refractivity contribution in [1.82, 2.24) is 5.43 Å². The molecule has 0 aliphatic carbocycles. The molecule has 1 atom stereocenters. The molecule has 2 aromatic rings. The molecule has 1 heterocycles. The molecular formula is C18H15N3O5. The molecular weight excluding hydrogens is 338 g/mol. The number of allylic oxidation sites excluding steroid dienone is 1. The fourth-order valence-electron chi connectivity index (χ4n) is 2.26. The molecule has 1 N–H and O–H groups in total. The number of rotatable bonds is 5. The monoisotopic (exact) mass is 353 g/mol. The van der Waals surface area contributed by atoms with E-state index >= 15 is 0 Å². The SMILES string of the molecule is O=C(N/N=C\C=C\c1cccc([N+](=O)[O-])c1)[C@H]1COc2ccccc2O1. The number of ether oxygens (including phenoxy) is 2. The number of nitrogens with one attached hydrogen (secondary N) is 1. The molecule has 1 aliphatic heterocycles. The van der Waals surface area contributed by atoms with Crippen LogP contribution in [0, 0.1) is 10.1 Å². The van der Waals surface area contributed by atoms with E-state index in [1.807, 2.05) is 6.07 Å². The molecule has 1 amide bonds. The maximum Gasteiger partial charge on any atom is 0.284 e. The smallest absolute Gasteiger partial charge is 0.284 e. The van der Waals surface area contributed by atoms with Crippen LogP contribution >= 0.6 is 0 Å². The van der Waals surface area contributed by atoms with Crippen LogP contribution in [-0.2, 0) is 4.79 Å². The summed E-state index contributed by atoms with van der Waals surface area (Å²) >= 11 is 0. The lowest BCUT2D eigenvalue weighted by Gasteiger charge is -2.24. The van der Waals surface area contributed by atoms with Crippen LogP contribution in [0.4, 0.5) is 5.69 Å². The van der Waals surface area contributed by atoms with E-state index in [0.29, 0.717) is 17.1 Å². The van der Waals surface area contributed by atoms with Gasteiger partial charge in [-0.2, -0.15) is 5.10 Å².